The molecule has 0 atom stereocenters. The topological polar surface area (TPSA) is 96.9 Å². The van der Waals surface area contributed by atoms with Gasteiger partial charge in [-0.2, -0.15) is 0 Å². The monoisotopic (exact) mass is 501 g/mol. The first-order valence-electron chi connectivity index (χ1n) is 11.0. The summed E-state index contributed by atoms with van der Waals surface area (Å²) in [6.45, 7) is 8.66. The number of thiophene rings is 1. The number of carbonyl (C=O) groups is 1. The molecule has 1 aliphatic rings. The molecule has 8 nitrogen and oxygen atoms in total. The van der Waals surface area contributed by atoms with Gasteiger partial charge in [-0.1, -0.05) is 29.4 Å². The van der Waals surface area contributed by atoms with Gasteiger partial charge in [-0.05, 0) is 29.8 Å². The van der Waals surface area contributed by atoms with Crippen LogP contribution in [0.25, 0.3) is 17.0 Å². The van der Waals surface area contributed by atoms with Crippen LogP contribution in [0.2, 0.25) is 4.34 Å². The lowest BCUT2D eigenvalue weighted by Gasteiger charge is -2.31. The Labute approximate surface area is 207 Å². The minimum Gasteiger partial charge on any atom is -0.378 e. The second-order valence-corrected chi connectivity index (χ2v) is 9.67. The van der Waals surface area contributed by atoms with E-state index in [1.54, 1.807) is 12.1 Å². The number of morpholine rings is 1. The van der Waals surface area contributed by atoms with Crippen molar-refractivity contribution in [2.24, 2.45) is 5.73 Å². The highest BCUT2D eigenvalue weighted by molar-refractivity contribution is 7.17. The number of ether oxygens (including phenoxy) is 1. The fraction of sp³-hybridized carbons (Fsp3) is 0.333. The number of rotatable bonds is 9. The molecule has 180 valence electrons. The van der Waals surface area contributed by atoms with Gasteiger partial charge >= 0.3 is 0 Å². The highest BCUT2D eigenvalue weighted by Gasteiger charge is 2.20. The predicted octanol–water partition coefficient (Wildman–Crippen LogP) is 3.68. The molecule has 34 heavy (non-hydrogen) atoms. The first-order valence-corrected chi connectivity index (χ1v) is 12.2. The quantitative estimate of drug-likeness (QED) is 0.461. The number of halogens is 1. The predicted molar refractivity (Wildman–Crippen MR) is 136 cm³/mol. The minimum absolute atomic E-state index is 0.201. The van der Waals surface area contributed by atoms with Gasteiger partial charge in [-0.3, -0.25) is 4.79 Å². The molecular weight excluding hydrogens is 474 g/mol. The fourth-order valence-electron chi connectivity index (χ4n) is 3.76. The molecule has 1 saturated heterocycles. The summed E-state index contributed by atoms with van der Waals surface area (Å²) in [5.74, 6) is 0.364. The fourth-order valence-corrected chi connectivity index (χ4v) is 4.72. The molecule has 3 aromatic rings. The summed E-state index contributed by atoms with van der Waals surface area (Å²) >= 11 is 7.15. The van der Waals surface area contributed by atoms with Crippen LogP contribution in [0.4, 0.5) is 5.69 Å². The largest absolute Gasteiger partial charge is 0.378 e. The number of hydrogen-bond acceptors (Lipinski definition) is 8. The standard InChI is InChI=1S/C24H28ClN5O3S/c1-16(29(2)8-7-26)17-3-4-19(21(13-17)30-9-11-32-12-10-30)20-14-18(33-28-20)15-27-24(31)22-5-6-23(25)34-22/h3-6,13-14H,1,7-12,15,26H2,2H3,(H,27,31). The van der Waals surface area contributed by atoms with Gasteiger partial charge in [-0.25, -0.2) is 0 Å². The van der Waals surface area contributed by atoms with Crippen molar-refractivity contribution in [2.75, 3.05) is 51.3 Å². The van der Waals surface area contributed by atoms with Crippen LogP contribution in [-0.4, -0.2) is 62.4 Å². The molecule has 1 aromatic carbocycles. The summed E-state index contributed by atoms with van der Waals surface area (Å²) in [5.41, 5.74) is 10.3. The third-order valence-corrected chi connectivity index (χ3v) is 6.89. The summed E-state index contributed by atoms with van der Waals surface area (Å²) in [7, 11) is 1.99. The van der Waals surface area contributed by atoms with Crippen LogP contribution in [0.15, 0.2) is 47.5 Å². The SMILES string of the molecule is C=C(c1ccc(-c2cc(CNC(=O)c3ccc(Cl)s3)on2)c(N2CCOCC2)c1)N(C)CCN. The number of amides is 1. The number of nitrogens with one attached hydrogen (secondary N) is 1. The Morgan fingerprint density at radius 3 is 2.79 bits per heavy atom. The van der Waals surface area contributed by atoms with E-state index in [2.05, 4.69) is 32.9 Å². The molecule has 0 bridgehead atoms. The van der Waals surface area contributed by atoms with Gasteiger partial charge in [0.15, 0.2) is 5.76 Å². The van der Waals surface area contributed by atoms with Crippen LogP contribution in [0.3, 0.4) is 0 Å². The van der Waals surface area contributed by atoms with Crippen molar-refractivity contribution in [1.82, 2.24) is 15.4 Å². The van der Waals surface area contributed by atoms with Gasteiger partial charge in [0.25, 0.3) is 5.91 Å². The van der Waals surface area contributed by atoms with Crippen LogP contribution in [0.1, 0.15) is 21.0 Å². The summed E-state index contributed by atoms with van der Waals surface area (Å²) in [6.07, 6.45) is 0. The molecule has 1 aliphatic heterocycles. The molecule has 3 N–H and O–H groups in total. The lowest BCUT2D eigenvalue weighted by molar-refractivity contribution is 0.0951. The Hall–Kier alpha value is -2.85. The van der Waals surface area contributed by atoms with E-state index < -0.39 is 0 Å². The molecule has 0 aliphatic carbocycles. The summed E-state index contributed by atoms with van der Waals surface area (Å²) in [4.78, 5) is 17.2. The zero-order valence-electron chi connectivity index (χ0n) is 19.1. The van der Waals surface area contributed by atoms with E-state index in [0.717, 1.165) is 42.1 Å². The second kappa shape index (κ2) is 11.1. The molecule has 0 unspecified atom stereocenters. The Balaban J connectivity index is 1.56. The summed E-state index contributed by atoms with van der Waals surface area (Å²) < 4.78 is 11.7. The number of anilines is 1. The molecule has 0 saturated carbocycles. The average Bonchev–Trinajstić information content (AvgIpc) is 3.51. The van der Waals surface area contributed by atoms with Crippen molar-refractivity contribution < 1.29 is 14.1 Å². The zero-order valence-corrected chi connectivity index (χ0v) is 20.6. The molecule has 2 aromatic heterocycles. The van der Waals surface area contributed by atoms with Crippen molar-refractivity contribution in [2.45, 2.75) is 6.54 Å². The van der Waals surface area contributed by atoms with Crippen LogP contribution in [-0.2, 0) is 11.3 Å². The van der Waals surface area contributed by atoms with E-state index in [0.29, 0.717) is 40.4 Å². The van der Waals surface area contributed by atoms with Gasteiger partial charge in [0.2, 0.25) is 0 Å². The van der Waals surface area contributed by atoms with Crippen LogP contribution in [0, 0.1) is 0 Å². The lowest BCUT2D eigenvalue weighted by atomic mass is 10.0. The maximum absolute atomic E-state index is 12.3. The first kappa shape index (κ1) is 24.3. The second-order valence-electron chi connectivity index (χ2n) is 7.95. The van der Waals surface area contributed by atoms with Gasteiger partial charge in [0.05, 0.1) is 29.0 Å². The highest BCUT2D eigenvalue weighted by Crippen LogP contribution is 2.34. The zero-order chi connectivity index (χ0) is 24.1. The van der Waals surface area contributed by atoms with E-state index in [4.69, 9.17) is 26.6 Å². The molecule has 3 heterocycles. The van der Waals surface area contributed by atoms with Crippen molar-refractivity contribution in [3.63, 3.8) is 0 Å². The Bertz CT molecular complexity index is 1160. The van der Waals surface area contributed by atoms with E-state index in [1.807, 2.05) is 25.2 Å². The Morgan fingerprint density at radius 2 is 2.09 bits per heavy atom. The van der Waals surface area contributed by atoms with Crippen LogP contribution >= 0.6 is 22.9 Å². The lowest BCUT2D eigenvalue weighted by Crippen LogP contribution is -2.36. The van der Waals surface area contributed by atoms with Gasteiger partial charge in [-0.15, -0.1) is 11.3 Å². The number of nitrogens with two attached hydrogens (primary N) is 1. The van der Waals surface area contributed by atoms with Crippen molar-refractivity contribution in [3.05, 3.63) is 63.5 Å². The van der Waals surface area contributed by atoms with Crippen molar-refractivity contribution in [3.8, 4) is 11.3 Å². The maximum Gasteiger partial charge on any atom is 0.261 e. The number of aromatic nitrogens is 1. The molecule has 4 rings (SSSR count). The number of likely N-dealkylation sites (N-methyl/N-ethyl adjacent to an activating group) is 1. The van der Waals surface area contributed by atoms with Gasteiger partial charge in [0, 0.05) is 56.2 Å². The van der Waals surface area contributed by atoms with Gasteiger partial charge in [0.1, 0.15) is 5.69 Å². The Morgan fingerprint density at radius 1 is 1.29 bits per heavy atom. The van der Waals surface area contributed by atoms with Crippen LogP contribution in [0.5, 0.6) is 0 Å². The molecule has 0 radical (unpaired) electrons. The number of benzene rings is 1. The van der Waals surface area contributed by atoms with Crippen molar-refractivity contribution >= 4 is 40.2 Å². The third-order valence-electron chi connectivity index (χ3n) is 5.66. The normalized spacial score (nSPS) is 13.7. The highest BCUT2D eigenvalue weighted by atomic mass is 35.5. The maximum atomic E-state index is 12.3. The molecule has 10 heteroatoms. The van der Waals surface area contributed by atoms with Crippen molar-refractivity contribution in [1.29, 1.82) is 0 Å². The average molecular weight is 502 g/mol. The summed E-state index contributed by atoms with van der Waals surface area (Å²) in [6, 6.07) is 11.5. The molecular formula is C24H28ClN5O3S. The first-order chi connectivity index (χ1) is 16.5. The van der Waals surface area contributed by atoms with E-state index in [-0.39, 0.29) is 12.5 Å². The minimum atomic E-state index is -0.201. The number of hydrogen-bond donors (Lipinski definition) is 2. The molecule has 1 amide bonds. The summed E-state index contributed by atoms with van der Waals surface area (Å²) in [5, 5.41) is 7.13. The number of carbonyl (C=O) groups excluding carboxylic acids is 1. The smallest absolute Gasteiger partial charge is 0.261 e. The van der Waals surface area contributed by atoms with E-state index in [9.17, 15) is 4.79 Å². The molecule has 1 fully saturated rings. The van der Waals surface area contributed by atoms with E-state index in [1.165, 1.54) is 11.3 Å². The van der Waals surface area contributed by atoms with Crippen LogP contribution < -0.4 is 16.0 Å². The molecule has 0 spiro atoms. The number of nitrogens with zero attached hydrogens (tertiary/aromatic N) is 3. The third kappa shape index (κ3) is 5.61. The van der Waals surface area contributed by atoms with Gasteiger partial charge < -0.3 is 30.1 Å². The van der Waals surface area contributed by atoms with E-state index >= 15 is 0 Å². The Kier molecular flexibility index (Phi) is 7.89.